The van der Waals surface area contributed by atoms with Crippen molar-refractivity contribution in [3.63, 3.8) is 0 Å². The predicted molar refractivity (Wildman–Crippen MR) is 60.1 cm³/mol. The van der Waals surface area contributed by atoms with Crippen molar-refractivity contribution in [2.24, 2.45) is 0 Å². The second kappa shape index (κ2) is 4.71. The summed E-state index contributed by atoms with van der Waals surface area (Å²) in [6.07, 6.45) is 5.83. The van der Waals surface area contributed by atoms with Crippen LogP contribution in [-0.2, 0) is 11.3 Å². The van der Waals surface area contributed by atoms with Gasteiger partial charge in [0.1, 0.15) is 12.7 Å². The van der Waals surface area contributed by atoms with E-state index in [1.807, 2.05) is 11.4 Å². The fourth-order valence-electron chi connectivity index (χ4n) is 1.21. The van der Waals surface area contributed by atoms with Crippen LogP contribution < -0.4 is 0 Å². The molecule has 0 radical (unpaired) electrons. The lowest BCUT2D eigenvalue weighted by atomic mass is 10.3. The van der Waals surface area contributed by atoms with Crippen LogP contribution in [0.15, 0.2) is 30.2 Å². The third-order valence-electron chi connectivity index (χ3n) is 1.88. The molecule has 16 heavy (non-hydrogen) atoms. The molecule has 0 spiro atoms. The second-order valence-electron chi connectivity index (χ2n) is 3.11. The lowest BCUT2D eigenvalue weighted by Gasteiger charge is -1.94. The predicted octanol–water partition coefficient (Wildman–Crippen LogP) is 1.49. The second-order valence-corrected chi connectivity index (χ2v) is 4.11. The molecule has 0 atom stereocenters. The smallest absolute Gasteiger partial charge is 0.328 e. The summed E-state index contributed by atoms with van der Waals surface area (Å²) >= 11 is 1.57. The normalized spacial score (nSPS) is 11.0. The van der Waals surface area contributed by atoms with E-state index in [9.17, 15) is 4.79 Å². The molecule has 0 amide bonds. The Morgan fingerprint density at radius 1 is 1.62 bits per heavy atom. The molecule has 82 valence electrons. The minimum atomic E-state index is -0.941. The maximum Gasteiger partial charge on any atom is 0.328 e. The van der Waals surface area contributed by atoms with Gasteiger partial charge in [-0.05, 0) is 23.1 Å². The van der Waals surface area contributed by atoms with Crippen LogP contribution in [0.2, 0.25) is 0 Å². The Morgan fingerprint density at radius 3 is 3.19 bits per heavy atom. The molecule has 0 aliphatic rings. The van der Waals surface area contributed by atoms with E-state index in [0.717, 1.165) is 16.5 Å². The van der Waals surface area contributed by atoms with Gasteiger partial charge >= 0.3 is 5.97 Å². The molecule has 2 aromatic heterocycles. The number of nitrogens with zero attached hydrogens (tertiary/aromatic N) is 3. The maximum absolute atomic E-state index is 10.3. The number of thiophene rings is 1. The molecule has 0 saturated carbocycles. The van der Waals surface area contributed by atoms with Gasteiger partial charge in [-0.2, -0.15) is 5.10 Å². The molecule has 2 rings (SSSR count). The summed E-state index contributed by atoms with van der Waals surface area (Å²) in [5, 5.41) is 14.4. The molecule has 0 aliphatic carbocycles. The summed E-state index contributed by atoms with van der Waals surface area (Å²) in [5.41, 5.74) is 0.891. The molecule has 0 bridgehead atoms. The summed E-state index contributed by atoms with van der Waals surface area (Å²) in [4.78, 5) is 15.3. The van der Waals surface area contributed by atoms with E-state index in [2.05, 4.69) is 10.1 Å². The monoisotopic (exact) mass is 235 g/mol. The third-order valence-corrected chi connectivity index (χ3v) is 2.82. The first kappa shape index (κ1) is 10.6. The molecular weight excluding hydrogens is 226 g/mol. The number of carboxylic acids is 1. The molecule has 2 heterocycles. The highest BCUT2D eigenvalue weighted by Crippen LogP contribution is 2.16. The van der Waals surface area contributed by atoms with E-state index < -0.39 is 5.97 Å². The first-order valence-corrected chi connectivity index (χ1v) is 5.43. The van der Waals surface area contributed by atoms with Crippen molar-refractivity contribution >= 4 is 23.4 Å². The largest absolute Gasteiger partial charge is 0.478 e. The molecule has 0 aromatic carbocycles. The van der Waals surface area contributed by atoms with Crippen molar-refractivity contribution in [3.05, 3.63) is 40.6 Å². The van der Waals surface area contributed by atoms with E-state index >= 15 is 0 Å². The van der Waals surface area contributed by atoms with Crippen LogP contribution in [0.1, 0.15) is 10.4 Å². The van der Waals surface area contributed by atoms with Crippen LogP contribution in [0.25, 0.3) is 6.08 Å². The zero-order valence-corrected chi connectivity index (χ0v) is 9.09. The Morgan fingerprint density at radius 2 is 2.50 bits per heavy atom. The standard InChI is InChI=1S/C10H9N3O2S/c14-10(15)2-1-8-3-9(16-5-8)4-13-7-11-6-12-13/h1-3,5-7H,4H2,(H,14,15). The van der Waals surface area contributed by atoms with Gasteiger partial charge in [0, 0.05) is 11.0 Å². The highest BCUT2D eigenvalue weighted by molar-refractivity contribution is 7.10. The van der Waals surface area contributed by atoms with Crippen LogP contribution >= 0.6 is 11.3 Å². The number of aromatic nitrogens is 3. The number of carbonyl (C=O) groups is 1. The summed E-state index contributed by atoms with van der Waals surface area (Å²) in [6, 6.07) is 1.94. The lowest BCUT2D eigenvalue weighted by Crippen LogP contribution is -1.97. The summed E-state index contributed by atoms with van der Waals surface area (Å²) < 4.78 is 1.72. The first-order valence-electron chi connectivity index (χ1n) is 4.55. The molecule has 5 nitrogen and oxygen atoms in total. The van der Waals surface area contributed by atoms with Crippen molar-refractivity contribution in [2.45, 2.75) is 6.54 Å². The van der Waals surface area contributed by atoms with Crippen LogP contribution in [0, 0.1) is 0 Å². The molecule has 0 saturated heterocycles. The molecule has 1 N–H and O–H groups in total. The van der Waals surface area contributed by atoms with Crippen molar-refractivity contribution in [1.29, 1.82) is 0 Å². The van der Waals surface area contributed by atoms with Gasteiger partial charge in [0.25, 0.3) is 0 Å². The topological polar surface area (TPSA) is 68.0 Å². The SMILES string of the molecule is O=C(O)C=Cc1csc(Cn2cncn2)c1. The summed E-state index contributed by atoms with van der Waals surface area (Å²) in [7, 11) is 0. The Hall–Kier alpha value is -1.95. The van der Waals surface area contributed by atoms with E-state index in [1.165, 1.54) is 6.33 Å². The van der Waals surface area contributed by atoms with Gasteiger partial charge in [-0.1, -0.05) is 0 Å². The molecular formula is C10H9N3O2S. The van der Waals surface area contributed by atoms with Gasteiger partial charge in [-0.3, -0.25) is 0 Å². The van der Waals surface area contributed by atoms with Crippen molar-refractivity contribution in [1.82, 2.24) is 14.8 Å². The maximum atomic E-state index is 10.3. The average molecular weight is 235 g/mol. The van der Waals surface area contributed by atoms with Gasteiger partial charge in [0.05, 0.1) is 6.54 Å². The van der Waals surface area contributed by atoms with E-state index in [0.29, 0.717) is 6.54 Å². The van der Waals surface area contributed by atoms with Crippen molar-refractivity contribution in [3.8, 4) is 0 Å². The summed E-state index contributed by atoms with van der Waals surface area (Å²) in [6.45, 7) is 0.658. The zero-order valence-electron chi connectivity index (χ0n) is 8.28. The number of carboxylic acid groups (broad SMARTS) is 1. The van der Waals surface area contributed by atoms with Crippen LogP contribution in [0.3, 0.4) is 0 Å². The van der Waals surface area contributed by atoms with E-state index in [-0.39, 0.29) is 0 Å². The molecule has 0 unspecified atom stereocenters. The fraction of sp³-hybridized carbons (Fsp3) is 0.100. The van der Waals surface area contributed by atoms with Gasteiger partial charge in [0.2, 0.25) is 0 Å². The van der Waals surface area contributed by atoms with Crippen molar-refractivity contribution < 1.29 is 9.90 Å². The lowest BCUT2D eigenvalue weighted by molar-refractivity contribution is -0.131. The van der Waals surface area contributed by atoms with Gasteiger partial charge in [0.15, 0.2) is 0 Å². The van der Waals surface area contributed by atoms with E-state index in [1.54, 1.807) is 28.4 Å². The van der Waals surface area contributed by atoms with Gasteiger partial charge < -0.3 is 5.11 Å². The van der Waals surface area contributed by atoms with Crippen LogP contribution in [0.4, 0.5) is 0 Å². The number of hydrogen-bond donors (Lipinski definition) is 1. The quantitative estimate of drug-likeness (QED) is 0.815. The molecule has 6 heteroatoms. The Bertz CT molecular complexity index is 502. The van der Waals surface area contributed by atoms with E-state index in [4.69, 9.17) is 5.11 Å². The minimum absolute atomic E-state index is 0.658. The van der Waals surface area contributed by atoms with Gasteiger partial charge in [-0.15, -0.1) is 11.3 Å². The number of rotatable bonds is 4. The Kier molecular flexibility index (Phi) is 3.11. The number of hydrogen-bond acceptors (Lipinski definition) is 4. The average Bonchev–Trinajstić information content (AvgIpc) is 2.87. The molecule has 0 aliphatic heterocycles. The Labute approximate surface area is 95.7 Å². The Balaban J connectivity index is 2.05. The highest BCUT2D eigenvalue weighted by Gasteiger charge is 1.99. The van der Waals surface area contributed by atoms with Gasteiger partial charge in [-0.25, -0.2) is 14.5 Å². The first-order chi connectivity index (χ1) is 7.74. The van der Waals surface area contributed by atoms with Crippen molar-refractivity contribution in [2.75, 3.05) is 0 Å². The summed E-state index contributed by atoms with van der Waals surface area (Å²) in [5.74, 6) is -0.941. The zero-order chi connectivity index (χ0) is 11.4. The van der Waals surface area contributed by atoms with Crippen LogP contribution in [0.5, 0.6) is 0 Å². The number of aliphatic carboxylic acids is 1. The van der Waals surface area contributed by atoms with Crippen LogP contribution in [-0.4, -0.2) is 25.8 Å². The molecule has 2 aromatic rings. The third kappa shape index (κ3) is 2.77. The fourth-order valence-corrected chi connectivity index (χ4v) is 2.05. The highest BCUT2D eigenvalue weighted by atomic mass is 32.1. The minimum Gasteiger partial charge on any atom is -0.478 e. The molecule has 0 fully saturated rings.